The summed E-state index contributed by atoms with van der Waals surface area (Å²) >= 11 is 6.77. The van der Waals surface area contributed by atoms with Gasteiger partial charge in [0.05, 0.1) is 0 Å². The number of hydrogen-bond donors (Lipinski definition) is 1. The minimum Gasteiger partial charge on any atom is -0.322 e. The minimum atomic E-state index is -1.92. The highest BCUT2D eigenvalue weighted by atomic mass is 35.6. The molecule has 1 aromatic rings. The zero-order valence-corrected chi connectivity index (χ0v) is 11.3. The van der Waals surface area contributed by atoms with Gasteiger partial charge >= 0.3 is 0 Å². The lowest BCUT2D eigenvalue weighted by Crippen LogP contribution is -2.55. The molecule has 1 unspecified atom stereocenters. The van der Waals surface area contributed by atoms with E-state index in [4.69, 9.17) is 11.1 Å². The summed E-state index contributed by atoms with van der Waals surface area (Å²) in [7, 11) is -1.92. The average Bonchev–Trinajstić information content (AvgIpc) is 2.28. The second-order valence-electron chi connectivity index (χ2n) is 3.80. The standard InChI is InChI=1S/C12H20ClNSi/c1-3-5-11-15(13,14-4-2)12-9-7-6-8-10-12/h6-10,14H,3-5,11H2,1-2H3. The summed E-state index contributed by atoms with van der Waals surface area (Å²) in [6.45, 7) is 5.29. The Kier molecular flexibility index (Phi) is 5.36. The monoisotopic (exact) mass is 241 g/mol. The molecule has 1 nitrogen and oxygen atoms in total. The van der Waals surface area contributed by atoms with Gasteiger partial charge in [0.2, 0.25) is 0 Å². The second kappa shape index (κ2) is 6.31. The van der Waals surface area contributed by atoms with E-state index in [2.05, 4.69) is 43.1 Å². The predicted molar refractivity (Wildman–Crippen MR) is 71.1 cm³/mol. The highest BCUT2D eigenvalue weighted by Crippen LogP contribution is 2.15. The van der Waals surface area contributed by atoms with Gasteiger partial charge in [-0.3, -0.25) is 0 Å². The van der Waals surface area contributed by atoms with Crippen LogP contribution in [0.2, 0.25) is 6.04 Å². The molecular weight excluding hydrogens is 222 g/mol. The molecule has 0 heterocycles. The molecule has 0 spiro atoms. The highest BCUT2D eigenvalue weighted by molar-refractivity contribution is 7.26. The van der Waals surface area contributed by atoms with Crippen LogP contribution in [0.1, 0.15) is 26.7 Å². The third-order valence-corrected chi connectivity index (χ3v) is 7.39. The summed E-state index contributed by atoms with van der Waals surface area (Å²) in [5.74, 6) is 0. The first kappa shape index (κ1) is 12.8. The van der Waals surface area contributed by atoms with Crippen molar-refractivity contribution in [2.45, 2.75) is 32.7 Å². The van der Waals surface area contributed by atoms with Gasteiger partial charge in [0, 0.05) is 0 Å². The van der Waals surface area contributed by atoms with Crippen LogP contribution in [0.3, 0.4) is 0 Å². The third kappa shape index (κ3) is 3.63. The van der Waals surface area contributed by atoms with E-state index in [1.165, 1.54) is 18.0 Å². The predicted octanol–water partition coefficient (Wildman–Crippen LogP) is 2.98. The summed E-state index contributed by atoms with van der Waals surface area (Å²) in [5, 5.41) is 1.31. The summed E-state index contributed by atoms with van der Waals surface area (Å²) < 4.78 is 0. The van der Waals surface area contributed by atoms with E-state index in [9.17, 15) is 0 Å². The van der Waals surface area contributed by atoms with Gasteiger partial charge in [-0.15, -0.1) is 11.1 Å². The molecule has 0 amide bonds. The van der Waals surface area contributed by atoms with Crippen LogP contribution in [0, 0.1) is 0 Å². The van der Waals surface area contributed by atoms with Gasteiger partial charge in [-0.25, -0.2) is 0 Å². The fourth-order valence-electron chi connectivity index (χ4n) is 1.74. The van der Waals surface area contributed by atoms with Crippen molar-refractivity contribution >= 4 is 23.8 Å². The summed E-state index contributed by atoms with van der Waals surface area (Å²) in [6.07, 6.45) is 2.41. The lowest BCUT2D eigenvalue weighted by molar-refractivity contribution is 0.853. The van der Waals surface area contributed by atoms with Crippen LogP contribution >= 0.6 is 11.1 Å². The van der Waals surface area contributed by atoms with E-state index in [1.807, 2.05) is 6.07 Å². The van der Waals surface area contributed by atoms with E-state index in [0.717, 1.165) is 12.6 Å². The fourth-order valence-corrected chi connectivity index (χ4v) is 5.71. The molecule has 0 radical (unpaired) electrons. The molecule has 0 aliphatic heterocycles. The zero-order chi connectivity index (χ0) is 11.1. The second-order valence-corrected chi connectivity index (χ2v) is 8.77. The van der Waals surface area contributed by atoms with Crippen LogP contribution in [0.25, 0.3) is 0 Å². The van der Waals surface area contributed by atoms with Gasteiger partial charge in [0.25, 0.3) is 7.55 Å². The van der Waals surface area contributed by atoms with Gasteiger partial charge < -0.3 is 4.98 Å². The van der Waals surface area contributed by atoms with Crippen molar-refractivity contribution in [1.82, 2.24) is 4.98 Å². The Bertz CT molecular complexity index is 278. The quantitative estimate of drug-likeness (QED) is 0.597. The molecule has 0 aromatic heterocycles. The van der Waals surface area contributed by atoms with Crippen molar-refractivity contribution < 1.29 is 0 Å². The first-order valence-corrected chi connectivity index (χ1v) is 8.94. The molecule has 1 N–H and O–H groups in total. The average molecular weight is 242 g/mol. The zero-order valence-electron chi connectivity index (χ0n) is 9.59. The summed E-state index contributed by atoms with van der Waals surface area (Å²) in [4.78, 5) is 3.51. The number of benzene rings is 1. The van der Waals surface area contributed by atoms with E-state index >= 15 is 0 Å². The Labute approximate surface area is 98.6 Å². The lowest BCUT2D eigenvalue weighted by atomic mass is 10.4. The van der Waals surface area contributed by atoms with Crippen molar-refractivity contribution in [1.29, 1.82) is 0 Å². The molecule has 0 saturated carbocycles. The highest BCUT2D eigenvalue weighted by Gasteiger charge is 2.31. The van der Waals surface area contributed by atoms with E-state index in [-0.39, 0.29) is 0 Å². The first-order valence-electron chi connectivity index (χ1n) is 5.72. The molecule has 1 atom stereocenters. The summed E-state index contributed by atoms with van der Waals surface area (Å²) in [6, 6.07) is 11.6. The van der Waals surface area contributed by atoms with Crippen molar-refractivity contribution in [3.8, 4) is 0 Å². The molecule has 0 bridgehead atoms. The van der Waals surface area contributed by atoms with Crippen LogP contribution < -0.4 is 10.2 Å². The van der Waals surface area contributed by atoms with Crippen LogP contribution in [-0.2, 0) is 0 Å². The van der Waals surface area contributed by atoms with Gasteiger partial charge in [0.15, 0.2) is 0 Å². The minimum absolute atomic E-state index is 0.953. The Morgan fingerprint density at radius 2 is 1.87 bits per heavy atom. The Hall–Kier alpha value is -0.313. The molecule has 0 saturated heterocycles. The maximum absolute atomic E-state index is 6.77. The molecule has 84 valence electrons. The van der Waals surface area contributed by atoms with Crippen molar-refractivity contribution in [2.24, 2.45) is 0 Å². The van der Waals surface area contributed by atoms with Crippen LogP contribution in [0.15, 0.2) is 30.3 Å². The third-order valence-electron chi connectivity index (χ3n) is 2.56. The number of hydrogen-bond acceptors (Lipinski definition) is 1. The fraction of sp³-hybridized carbons (Fsp3) is 0.500. The summed E-state index contributed by atoms with van der Waals surface area (Å²) in [5.41, 5.74) is 0. The molecule has 1 aromatic carbocycles. The largest absolute Gasteiger partial charge is 0.322 e. The van der Waals surface area contributed by atoms with E-state index in [1.54, 1.807) is 0 Å². The Morgan fingerprint density at radius 3 is 2.40 bits per heavy atom. The van der Waals surface area contributed by atoms with E-state index < -0.39 is 7.55 Å². The van der Waals surface area contributed by atoms with Crippen LogP contribution in [-0.4, -0.2) is 14.1 Å². The Balaban J connectivity index is 2.80. The lowest BCUT2D eigenvalue weighted by Gasteiger charge is -2.25. The molecule has 0 aliphatic rings. The van der Waals surface area contributed by atoms with Crippen molar-refractivity contribution in [3.05, 3.63) is 30.3 Å². The van der Waals surface area contributed by atoms with Gasteiger partial charge in [-0.05, 0) is 17.8 Å². The molecular formula is C12H20ClNSi. The maximum atomic E-state index is 6.77. The number of nitrogens with one attached hydrogen (secondary N) is 1. The smallest absolute Gasteiger partial charge is 0.257 e. The normalized spacial score (nSPS) is 14.9. The van der Waals surface area contributed by atoms with Crippen LogP contribution in [0.4, 0.5) is 0 Å². The maximum Gasteiger partial charge on any atom is 0.257 e. The topological polar surface area (TPSA) is 12.0 Å². The van der Waals surface area contributed by atoms with Crippen molar-refractivity contribution in [3.63, 3.8) is 0 Å². The Morgan fingerprint density at radius 1 is 1.20 bits per heavy atom. The molecule has 0 fully saturated rings. The molecule has 1 rings (SSSR count). The van der Waals surface area contributed by atoms with Crippen molar-refractivity contribution in [2.75, 3.05) is 6.54 Å². The first-order chi connectivity index (χ1) is 7.23. The molecule has 0 aliphatic carbocycles. The van der Waals surface area contributed by atoms with Gasteiger partial charge in [-0.1, -0.05) is 57.0 Å². The van der Waals surface area contributed by atoms with Gasteiger partial charge in [0.1, 0.15) is 0 Å². The molecule has 3 heteroatoms. The number of rotatable bonds is 6. The van der Waals surface area contributed by atoms with Gasteiger partial charge in [-0.2, -0.15) is 0 Å². The number of halogens is 1. The SMILES string of the molecule is CCCC[Si](Cl)(NCC)c1ccccc1. The number of unbranched alkanes of at least 4 members (excludes halogenated alkanes) is 1. The van der Waals surface area contributed by atoms with E-state index in [0.29, 0.717) is 0 Å². The van der Waals surface area contributed by atoms with Crippen LogP contribution in [0.5, 0.6) is 0 Å². The molecule has 15 heavy (non-hydrogen) atoms.